The Hall–Kier alpha value is -1.60. The third-order valence-corrected chi connectivity index (χ3v) is 2.96. The molecule has 0 fully saturated rings. The van der Waals surface area contributed by atoms with Crippen LogP contribution < -0.4 is 5.73 Å². The van der Waals surface area contributed by atoms with Crippen LogP contribution >= 0.6 is 0 Å². The molecule has 0 saturated carbocycles. The number of rotatable bonds is 2. The lowest BCUT2D eigenvalue weighted by molar-refractivity contribution is 0.603. The maximum atomic E-state index is 6.39. The highest BCUT2D eigenvalue weighted by Gasteiger charge is 2.22. The first-order valence-corrected chi connectivity index (χ1v) is 5.43. The lowest BCUT2D eigenvalue weighted by atomic mass is 9.85. The van der Waals surface area contributed by atoms with Crippen LogP contribution in [0.15, 0.2) is 48.5 Å². The molecule has 0 amide bonds. The summed E-state index contributed by atoms with van der Waals surface area (Å²) in [4.78, 5) is 0. The highest BCUT2D eigenvalue weighted by atomic mass is 14.7. The molecule has 0 spiro atoms. The first-order valence-electron chi connectivity index (χ1n) is 5.43. The second kappa shape index (κ2) is 4.11. The van der Waals surface area contributed by atoms with Crippen LogP contribution in [0.1, 0.15) is 23.6 Å². The average Bonchev–Trinajstić information content (AvgIpc) is 2.31. The molecule has 2 rings (SSSR count). The molecule has 0 aromatic heterocycles. The van der Waals surface area contributed by atoms with Crippen molar-refractivity contribution < 1.29 is 0 Å². The van der Waals surface area contributed by atoms with Crippen molar-refractivity contribution in [3.8, 4) is 0 Å². The molecule has 1 nitrogen and oxygen atoms in total. The van der Waals surface area contributed by atoms with Crippen molar-refractivity contribution >= 4 is 0 Å². The summed E-state index contributed by atoms with van der Waals surface area (Å²) in [5, 5.41) is 0. The van der Waals surface area contributed by atoms with Crippen LogP contribution in [-0.2, 0) is 5.54 Å². The second-order valence-electron chi connectivity index (χ2n) is 4.36. The normalized spacial score (nSPS) is 14.4. The molecule has 2 aromatic rings. The minimum Gasteiger partial charge on any atom is -0.318 e. The van der Waals surface area contributed by atoms with Crippen molar-refractivity contribution in [2.75, 3.05) is 0 Å². The van der Waals surface area contributed by atoms with Crippen LogP contribution in [0.4, 0.5) is 0 Å². The SMILES string of the molecule is Cc1ccc(C(C)(N)c2c[c]ccc2)cc1. The molecule has 0 bridgehead atoms. The largest absolute Gasteiger partial charge is 0.318 e. The molecule has 1 radical (unpaired) electrons. The maximum absolute atomic E-state index is 6.39. The topological polar surface area (TPSA) is 26.0 Å². The standard InChI is InChI=1S/C15H16N/c1-12-8-10-14(11-9-12)15(2,16)13-6-4-3-5-7-13/h3-4,6-11H,16H2,1-2H3. The van der Waals surface area contributed by atoms with Crippen molar-refractivity contribution in [1.29, 1.82) is 0 Å². The third kappa shape index (κ3) is 2.00. The van der Waals surface area contributed by atoms with Gasteiger partial charge in [-0.15, -0.1) is 0 Å². The highest BCUT2D eigenvalue weighted by Crippen LogP contribution is 2.26. The number of hydrogen-bond acceptors (Lipinski definition) is 1. The molecule has 16 heavy (non-hydrogen) atoms. The van der Waals surface area contributed by atoms with Gasteiger partial charge in [-0.1, -0.05) is 48.0 Å². The van der Waals surface area contributed by atoms with E-state index in [-0.39, 0.29) is 0 Å². The summed E-state index contributed by atoms with van der Waals surface area (Å²) in [6.45, 7) is 4.11. The summed E-state index contributed by atoms with van der Waals surface area (Å²) in [6, 6.07) is 19.3. The van der Waals surface area contributed by atoms with Crippen molar-refractivity contribution in [3.05, 3.63) is 71.3 Å². The van der Waals surface area contributed by atoms with Crippen molar-refractivity contribution in [2.24, 2.45) is 5.73 Å². The van der Waals surface area contributed by atoms with Crippen molar-refractivity contribution in [1.82, 2.24) is 0 Å². The molecule has 1 heteroatoms. The lowest BCUT2D eigenvalue weighted by Gasteiger charge is -2.26. The van der Waals surface area contributed by atoms with Crippen LogP contribution in [0, 0.1) is 13.0 Å². The Kier molecular flexibility index (Phi) is 2.80. The number of benzene rings is 2. The first kappa shape index (κ1) is 10.9. The van der Waals surface area contributed by atoms with Gasteiger partial charge in [0.2, 0.25) is 0 Å². The summed E-state index contributed by atoms with van der Waals surface area (Å²) in [6.07, 6.45) is 0. The van der Waals surface area contributed by atoms with Crippen LogP contribution in [0.2, 0.25) is 0 Å². The summed E-state index contributed by atoms with van der Waals surface area (Å²) in [7, 11) is 0. The van der Waals surface area contributed by atoms with E-state index in [2.05, 4.69) is 37.3 Å². The highest BCUT2D eigenvalue weighted by molar-refractivity contribution is 5.37. The van der Waals surface area contributed by atoms with Gasteiger partial charge in [-0.2, -0.15) is 0 Å². The van der Waals surface area contributed by atoms with E-state index >= 15 is 0 Å². The Balaban J connectivity index is 2.43. The molecule has 2 aromatic carbocycles. The van der Waals surface area contributed by atoms with E-state index in [1.807, 2.05) is 31.2 Å². The molecule has 1 unspecified atom stereocenters. The van der Waals surface area contributed by atoms with Gasteiger partial charge in [0.05, 0.1) is 5.54 Å². The Morgan fingerprint density at radius 3 is 2.31 bits per heavy atom. The predicted molar refractivity (Wildman–Crippen MR) is 67.1 cm³/mol. The fourth-order valence-corrected chi connectivity index (χ4v) is 1.78. The van der Waals surface area contributed by atoms with Gasteiger partial charge >= 0.3 is 0 Å². The molecule has 0 aliphatic carbocycles. The molecule has 1 atom stereocenters. The molecular weight excluding hydrogens is 194 g/mol. The van der Waals surface area contributed by atoms with E-state index < -0.39 is 5.54 Å². The van der Waals surface area contributed by atoms with Gasteiger partial charge in [0.15, 0.2) is 0 Å². The zero-order valence-electron chi connectivity index (χ0n) is 9.70. The van der Waals surface area contributed by atoms with Gasteiger partial charge in [0.1, 0.15) is 0 Å². The second-order valence-corrected chi connectivity index (χ2v) is 4.36. The van der Waals surface area contributed by atoms with Crippen molar-refractivity contribution in [2.45, 2.75) is 19.4 Å². The Morgan fingerprint density at radius 1 is 1.06 bits per heavy atom. The lowest BCUT2D eigenvalue weighted by Crippen LogP contribution is -2.34. The van der Waals surface area contributed by atoms with Gasteiger partial charge in [0.25, 0.3) is 0 Å². The summed E-state index contributed by atoms with van der Waals surface area (Å²) in [5.41, 5.74) is 9.39. The van der Waals surface area contributed by atoms with Gasteiger partial charge < -0.3 is 5.73 Å². The van der Waals surface area contributed by atoms with Crippen LogP contribution in [-0.4, -0.2) is 0 Å². The Bertz CT molecular complexity index is 455. The number of hydrogen-bond donors (Lipinski definition) is 1. The maximum Gasteiger partial charge on any atom is 0.0637 e. The third-order valence-electron chi connectivity index (χ3n) is 2.96. The van der Waals surface area contributed by atoms with Crippen LogP contribution in [0.25, 0.3) is 0 Å². The first-order chi connectivity index (χ1) is 7.60. The summed E-state index contributed by atoms with van der Waals surface area (Å²) < 4.78 is 0. The van der Waals surface area contributed by atoms with E-state index in [9.17, 15) is 0 Å². The van der Waals surface area contributed by atoms with Crippen LogP contribution in [0.5, 0.6) is 0 Å². The van der Waals surface area contributed by atoms with E-state index in [4.69, 9.17) is 5.73 Å². The fourth-order valence-electron chi connectivity index (χ4n) is 1.78. The smallest absolute Gasteiger partial charge is 0.0637 e. The number of aryl methyl sites for hydroxylation is 1. The van der Waals surface area contributed by atoms with Gasteiger partial charge in [0, 0.05) is 0 Å². The van der Waals surface area contributed by atoms with E-state index in [1.165, 1.54) is 5.56 Å². The average molecular weight is 210 g/mol. The molecule has 0 saturated heterocycles. The summed E-state index contributed by atoms with van der Waals surface area (Å²) in [5.74, 6) is 0. The Labute approximate surface area is 96.9 Å². The summed E-state index contributed by atoms with van der Waals surface area (Å²) >= 11 is 0. The molecule has 0 aliphatic heterocycles. The zero-order valence-corrected chi connectivity index (χ0v) is 9.70. The molecular formula is C15H16N. The monoisotopic (exact) mass is 210 g/mol. The number of nitrogens with two attached hydrogens (primary N) is 1. The van der Waals surface area contributed by atoms with E-state index in [1.54, 1.807) is 0 Å². The molecule has 0 heterocycles. The van der Waals surface area contributed by atoms with Crippen LogP contribution in [0.3, 0.4) is 0 Å². The van der Waals surface area contributed by atoms with Gasteiger partial charge in [-0.05, 0) is 37.1 Å². The van der Waals surface area contributed by atoms with Gasteiger partial charge in [-0.25, -0.2) is 0 Å². The minimum absolute atomic E-state index is 0.453. The molecule has 2 N–H and O–H groups in total. The molecule has 81 valence electrons. The zero-order chi connectivity index (χ0) is 11.6. The minimum atomic E-state index is -0.453. The quantitative estimate of drug-likeness (QED) is 0.810. The van der Waals surface area contributed by atoms with E-state index in [0.717, 1.165) is 11.1 Å². The molecule has 0 aliphatic rings. The van der Waals surface area contributed by atoms with Crippen molar-refractivity contribution in [3.63, 3.8) is 0 Å². The fraction of sp³-hybridized carbons (Fsp3) is 0.200. The van der Waals surface area contributed by atoms with E-state index in [0.29, 0.717) is 0 Å². The Morgan fingerprint density at radius 2 is 1.75 bits per heavy atom. The van der Waals surface area contributed by atoms with Gasteiger partial charge in [-0.3, -0.25) is 0 Å². The predicted octanol–water partition coefficient (Wildman–Crippen LogP) is 3.02.